The molecule has 1 aliphatic heterocycles. The van der Waals surface area contributed by atoms with Crippen LogP contribution >= 0.6 is 12.4 Å². The van der Waals surface area contributed by atoms with Crippen molar-refractivity contribution < 1.29 is 8.78 Å². The molecule has 0 saturated carbocycles. The molecule has 1 saturated heterocycles. The molecule has 1 atom stereocenters. The fraction of sp³-hybridized carbons (Fsp3) is 0.600. The van der Waals surface area contributed by atoms with E-state index in [1.165, 1.54) is 6.07 Å². The van der Waals surface area contributed by atoms with Gasteiger partial charge in [0.1, 0.15) is 11.6 Å². The lowest BCUT2D eigenvalue weighted by Crippen LogP contribution is -2.45. The van der Waals surface area contributed by atoms with Gasteiger partial charge in [0.05, 0.1) is 0 Å². The molecule has 0 radical (unpaired) electrons. The Bertz CT molecular complexity index is 409. The highest BCUT2D eigenvalue weighted by atomic mass is 35.5. The smallest absolute Gasteiger partial charge is 0.130 e. The Labute approximate surface area is 126 Å². The maximum absolute atomic E-state index is 14.0. The average Bonchev–Trinajstić information content (AvgIpc) is 2.42. The van der Waals surface area contributed by atoms with Crippen molar-refractivity contribution in [3.05, 3.63) is 35.4 Å². The molecule has 1 N–H and O–H groups in total. The number of benzene rings is 1. The summed E-state index contributed by atoms with van der Waals surface area (Å²) in [6, 6.07) is 4.03. The van der Waals surface area contributed by atoms with Crippen LogP contribution in [0.25, 0.3) is 0 Å². The molecule has 1 aromatic carbocycles. The summed E-state index contributed by atoms with van der Waals surface area (Å²) < 4.78 is 27.0. The first-order chi connectivity index (χ1) is 9.22. The molecular weight excluding hydrogens is 282 g/mol. The summed E-state index contributed by atoms with van der Waals surface area (Å²) in [5, 5.41) is 3.31. The third kappa shape index (κ3) is 4.40. The molecule has 0 amide bonds. The summed E-state index contributed by atoms with van der Waals surface area (Å²) in [5.74, 6) is -0.921. The molecule has 0 aromatic heterocycles. The Balaban J connectivity index is 0.00000200. The van der Waals surface area contributed by atoms with Gasteiger partial charge in [-0.2, -0.15) is 0 Å². The molecule has 0 aliphatic carbocycles. The first-order valence-electron chi connectivity index (χ1n) is 7.12. The van der Waals surface area contributed by atoms with Gasteiger partial charge in [-0.25, -0.2) is 8.78 Å². The fourth-order valence-corrected chi connectivity index (χ4v) is 2.70. The van der Waals surface area contributed by atoms with Crippen LogP contribution < -0.4 is 5.32 Å². The molecule has 1 aromatic rings. The van der Waals surface area contributed by atoms with E-state index in [9.17, 15) is 8.78 Å². The number of nitrogens with zero attached hydrogens (tertiary/aromatic N) is 1. The largest absolute Gasteiger partial charge is 0.314 e. The normalized spacial score (nSPS) is 17.6. The van der Waals surface area contributed by atoms with E-state index < -0.39 is 11.6 Å². The van der Waals surface area contributed by atoms with E-state index in [0.29, 0.717) is 5.56 Å². The van der Waals surface area contributed by atoms with Gasteiger partial charge in [0, 0.05) is 43.9 Å². The Morgan fingerprint density at radius 2 is 1.95 bits per heavy atom. The van der Waals surface area contributed by atoms with Crippen LogP contribution in [-0.2, 0) is 0 Å². The molecule has 5 heteroatoms. The van der Waals surface area contributed by atoms with Gasteiger partial charge in [0.25, 0.3) is 0 Å². The predicted molar refractivity (Wildman–Crippen MR) is 80.3 cm³/mol. The van der Waals surface area contributed by atoms with Crippen molar-refractivity contribution in [3.63, 3.8) is 0 Å². The maximum Gasteiger partial charge on any atom is 0.130 e. The zero-order valence-corrected chi connectivity index (χ0v) is 12.7. The number of piperazine rings is 1. The second-order valence-electron chi connectivity index (χ2n) is 5.11. The third-order valence-electron chi connectivity index (χ3n) is 3.74. The summed E-state index contributed by atoms with van der Waals surface area (Å²) in [6.45, 7) is 5.85. The van der Waals surface area contributed by atoms with Crippen molar-refractivity contribution >= 4 is 12.4 Å². The Kier molecular flexibility index (Phi) is 7.41. The molecule has 2 rings (SSSR count). The molecule has 1 fully saturated rings. The lowest BCUT2D eigenvalue weighted by Gasteiger charge is -2.35. The second kappa shape index (κ2) is 8.55. The van der Waals surface area contributed by atoms with Gasteiger partial charge in [0.2, 0.25) is 0 Å². The molecule has 0 unspecified atom stereocenters. The number of unbranched alkanes of at least 4 members (excludes halogenated alkanes) is 1. The van der Waals surface area contributed by atoms with E-state index >= 15 is 0 Å². The van der Waals surface area contributed by atoms with Crippen molar-refractivity contribution in [3.8, 4) is 0 Å². The van der Waals surface area contributed by atoms with Gasteiger partial charge < -0.3 is 5.32 Å². The maximum atomic E-state index is 14.0. The van der Waals surface area contributed by atoms with Crippen LogP contribution in [-0.4, -0.2) is 31.1 Å². The van der Waals surface area contributed by atoms with Crippen LogP contribution in [0, 0.1) is 11.6 Å². The SMILES string of the molecule is CCCC[C@H](c1ccc(F)cc1F)N1CCNCC1.Cl. The Hall–Kier alpha value is -0.710. The number of rotatable bonds is 5. The first kappa shape index (κ1) is 17.3. The molecular formula is C15H23ClF2N2. The minimum Gasteiger partial charge on any atom is -0.314 e. The number of halogens is 3. The highest BCUT2D eigenvalue weighted by Gasteiger charge is 2.24. The standard InChI is InChI=1S/C15H22F2N2.ClH/c1-2-3-4-15(19-9-7-18-8-10-19)13-6-5-12(16)11-14(13)17;/h5-6,11,15,18H,2-4,7-10H2,1H3;1H/t15-;/m1./s1. The van der Waals surface area contributed by atoms with E-state index in [0.717, 1.165) is 51.5 Å². The minimum atomic E-state index is -0.504. The van der Waals surface area contributed by atoms with Gasteiger partial charge in [-0.15, -0.1) is 12.4 Å². The first-order valence-corrected chi connectivity index (χ1v) is 7.12. The fourth-order valence-electron chi connectivity index (χ4n) is 2.70. The highest BCUT2D eigenvalue weighted by molar-refractivity contribution is 5.85. The molecule has 0 bridgehead atoms. The van der Waals surface area contributed by atoms with Crippen LogP contribution in [0.5, 0.6) is 0 Å². The summed E-state index contributed by atoms with van der Waals surface area (Å²) in [5.41, 5.74) is 0.636. The van der Waals surface area contributed by atoms with E-state index in [2.05, 4.69) is 17.1 Å². The van der Waals surface area contributed by atoms with Crippen molar-refractivity contribution in [2.24, 2.45) is 0 Å². The van der Waals surface area contributed by atoms with Crippen molar-refractivity contribution in [1.29, 1.82) is 0 Å². The number of hydrogen-bond donors (Lipinski definition) is 1. The van der Waals surface area contributed by atoms with Crippen LogP contribution in [0.15, 0.2) is 18.2 Å². The molecule has 2 nitrogen and oxygen atoms in total. The summed E-state index contributed by atoms with van der Waals surface area (Å²) in [7, 11) is 0. The van der Waals surface area contributed by atoms with Crippen LogP contribution in [0.1, 0.15) is 37.8 Å². The van der Waals surface area contributed by atoms with Gasteiger partial charge in [-0.3, -0.25) is 4.90 Å². The zero-order chi connectivity index (χ0) is 13.7. The highest BCUT2D eigenvalue weighted by Crippen LogP contribution is 2.29. The molecule has 1 aliphatic rings. The van der Waals surface area contributed by atoms with Gasteiger partial charge >= 0.3 is 0 Å². The van der Waals surface area contributed by atoms with E-state index in [1.54, 1.807) is 6.07 Å². The second-order valence-corrected chi connectivity index (χ2v) is 5.11. The topological polar surface area (TPSA) is 15.3 Å². The molecule has 114 valence electrons. The van der Waals surface area contributed by atoms with E-state index in [1.807, 2.05) is 0 Å². The summed E-state index contributed by atoms with van der Waals surface area (Å²) in [4.78, 5) is 2.31. The lowest BCUT2D eigenvalue weighted by atomic mass is 9.98. The van der Waals surface area contributed by atoms with E-state index in [-0.39, 0.29) is 18.4 Å². The quantitative estimate of drug-likeness (QED) is 0.895. The number of hydrogen-bond acceptors (Lipinski definition) is 2. The van der Waals surface area contributed by atoms with Crippen LogP contribution in [0.2, 0.25) is 0 Å². The van der Waals surface area contributed by atoms with Crippen molar-refractivity contribution in [2.75, 3.05) is 26.2 Å². The van der Waals surface area contributed by atoms with Gasteiger partial charge in [0.15, 0.2) is 0 Å². The average molecular weight is 305 g/mol. The van der Waals surface area contributed by atoms with Crippen molar-refractivity contribution in [2.45, 2.75) is 32.2 Å². The molecule has 1 heterocycles. The van der Waals surface area contributed by atoms with Crippen molar-refractivity contribution in [1.82, 2.24) is 10.2 Å². The van der Waals surface area contributed by atoms with Gasteiger partial charge in [-0.1, -0.05) is 25.8 Å². The molecule has 0 spiro atoms. The van der Waals surface area contributed by atoms with Gasteiger partial charge in [-0.05, 0) is 12.5 Å². The number of nitrogens with one attached hydrogen (secondary N) is 1. The summed E-state index contributed by atoms with van der Waals surface area (Å²) >= 11 is 0. The third-order valence-corrected chi connectivity index (χ3v) is 3.74. The zero-order valence-electron chi connectivity index (χ0n) is 11.9. The Morgan fingerprint density at radius 3 is 2.55 bits per heavy atom. The summed E-state index contributed by atoms with van der Waals surface area (Å²) in [6.07, 6.45) is 3.08. The molecule has 20 heavy (non-hydrogen) atoms. The Morgan fingerprint density at radius 1 is 1.25 bits per heavy atom. The van der Waals surface area contributed by atoms with E-state index in [4.69, 9.17) is 0 Å². The predicted octanol–water partition coefficient (Wildman–Crippen LogP) is 3.52. The van der Waals surface area contributed by atoms with Crippen LogP contribution in [0.3, 0.4) is 0 Å². The minimum absolute atomic E-state index is 0. The monoisotopic (exact) mass is 304 g/mol. The van der Waals surface area contributed by atoms with Crippen LogP contribution in [0.4, 0.5) is 8.78 Å². The lowest BCUT2D eigenvalue weighted by molar-refractivity contribution is 0.160.